The van der Waals surface area contributed by atoms with Gasteiger partial charge in [-0.2, -0.15) is 4.98 Å². The Bertz CT molecular complexity index is 594. The van der Waals surface area contributed by atoms with E-state index in [9.17, 15) is 10.1 Å². The van der Waals surface area contributed by atoms with Gasteiger partial charge in [0.15, 0.2) is 0 Å². The van der Waals surface area contributed by atoms with Crippen LogP contribution < -0.4 is 5.32 Å². The molecular weight excluding hydrogens is 248 g/mol. The summed E-state index contributed by atoms with van der Waals surface area (Å²) in [7, 11) is 0. The SMILES string of the molecule is CCCNc1nc(-c2cc([N+](=O)[O-])ccc2C)no1. The Balaban J connectivity index is 2.32. The molecule has 1 heterocycles. The first kappa shape index (κ1) is 13.0. The van der Waals surface area contributed by atoms with E-state index in [0.717, 1.165) is 18.5 Å². The third-order valence-electron chi connectivity index (χ3n) is 2.63. The number of rotatable bonds is 5. The predicted octanol–water partition coefficient (Wildman–Crippen LogP) is 2.78. The van der Waals surface area contributed by atoms with Gasteiger partial charge in [-0.3, -0.25) is 10.1 Å². The standard InChI is InChI=1S/C12H14N4O3/c1-3-6-13-12-14-11(15-19-12)10-7-9(16(17)18)5-4-8(10)2/h4-5,7H,3,6H2,1-2H3,(H,13,14,15). The van der Waals surface area contributed by atoms with Gasteiger partial charge in [0.25, 0.3) is 5.69 Å². The third-order valence-corrected chi connectivity index (χ3v) is 2.63. The molecule has 0 amide bonds. The highest BCUT2D eigenvalue weighted by Crippen LogP contribution is 2.26. The van der Waals surface area contributed by atoms with Crippen molar-refractivity contribution in [1.82, 2.24) is 10.1 Å². The van der Waals surface area contributed by atoms with E-state index < -0.39 is 4.92 Å². The molecule has 7 nitrogen and oxygen atoms in total. The Kier molecular flexibility index (Phi) is 3.74. The van der Waals surface area contributed by atoms with Gasteiger partial charge in [0.05, 0.1) is 4.92 Å². The Morgan fingerprint density at radius 2 is 2.26 bits per heavy atom. The van der Waals surface area contributed by atoms with Crippen LogP contribution in [-0.4, -0.2) is 21.6 Å². The molecule has 19 heavy (non-hydrogen) atoms. The monoisotopic (exact) mass is 262 g/mol. The molecule has 100 valence electrons. The van der Waals surface area contributed by atoms with E-state index in [4.69, 9.17) is 4.52 Å². The second-order valence-electron chi connectivity index (χ2n) is 4.11. The highest BCUT2D eigenvalue weighted by Gasteiger charge is 2.15. The Hall–Kier alpha value is -2.44. The molecule has 0 atom stereocenters. The van der Waals surface area contributed by atoms with E-state index in [1.165, 1.54) is 12.1 Å². The normalized spacial score (nSPS) is 10.4. The summed E-state index contributed by atoms with van der Waals surface area (Å²) >= 11 is 0. The van der Waals surface area contributed by atoms with Crippen molar-refractivity contribution in [2.45, 2.75) is 20.3 Å². The Morgan fingerprint density at radius 1 is 1.47 bits per heavy atom. The average molecular weight is 262 g/mol. The Morgan fingerprint density at radius 3 is 2.95 bits per heavy atom. The van der Waals surface area contributed by atoms with Crippen LogP contribution >= 0.6 is 0 Å². The topological polar surface area (TPSA) is 94.1 Å². The Labute approximate surface area is 109 Å². The average Bonchev–Trinajstić information content (AvgIpc) is 2.85. The summed E-state index contributed by atoms with van der Waals surface area (Å²) in [6, 6.07) is 4.89. The summed E-state index contributed by atoms with van der Waals surface area (Å²) in [5, 5.41) is 17.6. The lowest BCUT2D eigenvalue weighted by molar-refractivity contribution is -0.384. The molecule has 0 fully saturated rings. The smallest absolute Gasteiger partial charge is 0.321 e. The molecule has 0 saturated heterocycles. The molecule has 0 saturated carbocycles. The zero-order chi connectivity index (χ0) is 13.8. The van der Waals surface area contributed by atoms with Crippen molar-refractivity contribution in [3.63, 3.8) is 0 Å². The highest BCUT2D eigenvalue weighted by atomic mass is 16.6. The van der Waals surface area contributed by atoms with Crippen molar-refractivity contribution in [2.24, 2.45) is 0 Å². The zero-order valence-corrected chi connectivity index (χ0v) is 10.7. The molecule has 0 aliphatic heterocycles. The number of hydrogen-bond acceptors (Lipinski definition) is 6. The lowest BCUT2D eigenvalue weighted by Crippen LogP contribution is -1.99. The molecule has 0 aliphatic rings. The molecule has 1 aromatic carbocycles. The van der Waals surface area contributed by atoms with Crippen molar-refractivity contribution < 1.29 is 9.45 Å². The number of anilines is 1. The quantitative estimate of drug-likeness (QED) is 0.657. The van der Waals surface area contributed by atoms with E-state index in [0.29, 0.717) is 17.4 Å². The van der Waals surface area contributed by atoms with Gasteiger partial charge in [-0.25, -0.2) is 0 Å². The number of nitrogens with one attached hydrogen (secondary N) is 1. The largest absolute Gasteiger partial charge is 0.338 e. The number of hydrogen-bond donors (Lipinski definition) is 1. The van der Waals surface area contributed by atoms with Gasteiger partial charge < -0.3 is 9.84 Å². The van der Waals surface area contributed by atoms with Crippen LogP contribution in [0.2, 0.25) is 0 Å². The van der Waals surface area contributed by atoms with Crippen LogP contribution in [0.15, 0.2) is 22.7 Å². The molecule has 0 bridgehead atoms. The highest BCUT2D eigenvalue weighted by molar-refractivity contribution is 5.64. The molecule has 1 N–H and O–H groups in total. The first-order valence-electron chi connectivity index (χ1n) is 5.94. The summed E-state index contributed by atoms with van der Waals surface area (Å²) in [6.07, 6.45) is 0.938. The minimum absolute atomic E-state index is 0.00784. The summed E-state index contributed by atoms with van der Waals surface area (Å²) in [6.45, 7) is 4.60. The molecule has 0 radical (unpaired) electrons. The van der Waals surface area contributed by atoms with Crippen LogP contribution in [0.4, 0.5) is 11.7 Å². The van der Waals surface area contributed by atoms with Crippen LogP contribution in [-0.2, 0) is 0 Å². The lowest BCUT2D eigenvalue weighted by atomic mass is 10.1. The van der Waals surface area contributed by atoms with Crippen molar-refractivity contribution >= 4 is 11.7 Å². The maximum atomic E-state index is 10.8. The van der Waals surface area contributed by atoms with Crippen LogP contribution in [0.3, 0.4) is 0 Å². The van der Waals surface area contributed by atoms with Crippen LogP contribution in [0.25, 0.3) is 11.4 Å². The summed E-state index contributed by atoms with van der Waals surface area (Å²) < 4.78 is 5.03. The van der Waals surface area contributed by atoms with Crippen molar-refractivity contribution in [1.29, 1.82) is 0 Å². The molecule has 0 spiro atoms. The van der Waals surface area contributed by atoms with Crippen molar-refractivity contribution in [2.75, 3.05) is 11.9 Å². The summed E-state index contributed by atoms with van der Waals surface area (Å²) in [5.41, 5.74) is 1.46. The number of aryl methyl sites for hydroxylation is 1. The maximum Gasteiger partial charge on any atom is 0.321 e. The van der Waals surface area contributed by atoms with Gasteiger partial charge in [-0.1, -0.05) is 18.1 Å². The van der Waals surface area contributed by atoms with E-state index in [1.54, 1.807) is 6.07 Å². The fourth-order valence-electron chi connectivity index (χ4n) is 1.60. The minimum Gasteiger partial charge on any atom is -0.338 e. The maximum absolute atomic E-state index is 10.8. The second kappa shape index (κ2) is 5.47. The fraction of sp³-hybridized carbons (Fsp3) is 0.333. The second-order valence-corrected chi connectivity index (χ2v) is 4.11. The summed E-state index contributed by atoms with van der Waals surface area (Å²) in [4.78, 5) is 14.5. The van der Waals surface area contributed by atoms with Gasteiger partial charge in [0.2, 0.25) is 5.82 Å². The van der Waals surface area contributed by atoms with Gasteiger partial charge in [0, 0.05) is 24.2 Å². The van der Waals surface area contributed by atoms with E-state index >= 15 is 0 Å². The lowest BCUT2D eigenvalue weighted by Gasteiger charge is -2.00. The molecule has 2 rings (SSSR count). The molecule has 2 aromatic rings. The first-order valence-corrected chi connectivity index (χ1v) is 5.94. The van der Waals surface area contributed by atoms with Crippen LogP contribution in [0.1, 0.15) is 18.9 Å². The third kappa shape index (κ3) is 2.87. The van der Waals surface area contributed by atoms with E-state index in [-0.39, 0.29) is 5.69 Å². The first-order chi connectivity index (χ1) is 9.11. The molecule has 0 unspecified atom stereocenters. The van der Waals surface area contributed by atoms with Gasteiger partial charge in [0.1, 0.15) is 0 Å². The van der Waals surface area contributed by atoms with E-state index in [1.807, 2.05) is 13.8 Å². The van der Waals surface area contributed by atoms with Gasteiger partial charge in [-0.15, -0.1) is 0 Å². The zero-order valence-electron chi connectivity index (χ0n) is 10.7. The summed E-state index contributed by atoms with van der Waals surface area (Å²) in [5.74, 6) is 0.347. The number of nitro groups is 1. The van der Waals surface area contributed by atoms with Crippen molar-refractivity contribution in [3.8, 4) is 11.4 Å². The number of benzene rings is 1. The fourth-order valence-corrected chi connectivity index (χ4v) is 1.60. The number of aromatic nitrogens is 2. The molecule has 1 aromatic heterocycles. The number of non-ortho nitro benzene ring substituents is 1. The number of nitrogens with zero attached hydrogens (tertiary/aromatic N) is 3. The van der Waals surface area contributed by atoms with E-state index in [2.05, 4.69) is 15.5 Å². The number of nitro benzene ring substituents is 1. The molecular formula is C12H14N4O3. The van der Waals surface area contributed by atoms with Crippen molar-refractivity contribution in [3.05, 3.63) is 33.9 Å². The van der Waals surface area contributed by atoms with Crippen LogP contribution in [0.5, 0.6) is 0 Å². The predicted molar refractivity (Wildman–Crippen MR) is 69.9 cm³/mol. The minimum atomic E-state index is -0.445. The molecule has 0 aliphatic carbocycles. The van der Waals surface area contributed by atoms with Gasteiger partial charge in [-0.05, 0) is 18.9 Å². The van der Waals surface area contributed by atoms with Gasteiger partial charge >= 0.3 is 6.01 Å². The molecule has 7 heteroatoms. The van der Waals surface area contributed by atoms with Crippen LogP contribution in [0, 0.1) is 17.0 Å².